The maximum absolute atomic E-state index is 12.7. The summed E-state index contributed by atoms with van der Waals surface area (Å²) in [6.45, 7) is 7.94. The summed E-state index contributed by atoms with van der Waals surface area (Å²) in [6, 6.07) is 15.6. The number of carbonyl (C=O) groups excluding carboxylic acids is 1. The van der Waals surface area contributed by atoms with Gasteiger partial charge in [-0.1, -0.05) is 35.8 Å². The van der Waals surface area contributed by atoms with E-state index in [1.165, 1.54) is 30.4 Å². The number of benzene rings is 2. The van der Waals surface area contributed by atoms with Crippen molar-refractivity contribution in [2.45, 2.75) is 52.8 Å². The lowest BCUT2D eigenvalue weighted by Crippen LogP contribution is -2.30. The number of hydrogen-bond acceptors (Lipinski definition) is 5. The summed E-state index contributed by atoms with van der Waals surface area (Å²) >= 11 is 0. The molecule has 2 heterocycles. The van der Waals surface area contributed by atoms with E-state index in [1.807, 2.05) is 32.0 Å². The Labute approximate surface area is 189 Å². The van der Waals surface area contributed by atoms with E-state index in [9.17, 15) is 4.79 Å². The number of nitrogens with zero attached hydrogens (tertiary/aromatic N) is 2. The van der Waals surface area contributed by atoms with Crippen LogP contribution in [0.2, 0.25) is 0 Å². The molecule has 0 bridgehead atoms. The van der Waals surface area contributed by atoms with E-state index in [-0.39, 0.29) is 5.91 Å². The summed E-state index contributed by atoms with van der Waals surface area (Å²) < 4.78 is 11.0. The molecule has 32 heavy (non-hydrogen) atoms. The monoisotopic (exact) mass is 433 g/mol. The van der Waals surface area contributed by atoms with Gasteiger partial charge in [0.15, 0.2) is 0 Å². The molecule has 0 aliphatic carbocycles. The molecule has 0 saturated carbocycles. The molecule has 1 N–H and O–H groups in total. The highest BCUT2D eigenvalue weighted by Crippen LogP contribution is 2.19. The van der Waals surface area contributed by atoms with Gasteiger partial charge < -0.3 is 14.6 Å². The van der Waals surface area contributed by atoms with Crippen LogP contribution in [-0.4, -0.2) is 29.1 Å². The van der Waals surface area contributed by atoms with Gasteiger partial charge in [0, 0.05) is 18.7 Å². The third kappa shape index (κ3) is 5.56. The Morgan fingerprint density at radius 1 is 1.03 bits per heavy atom. The van der Waals surface area contributed by atoms with Crippen LogP contribution in [0.3, 0.4) is 0 Å². The molecular weight excluding hydrogens is 402 g/mol. The Morgan fingerprint density at radius 2 is 1.75 bits per heavy atom. The summed E-state index contributed by atoms with van der Waals surface area (Å²) in [4.78, 5) is 15.2. The minimum atomic E-state index is -0.0879. The molecule has 6 nitrogen and oxygen atoms in total. The zero-order valence-corrected chi connectivity index (χ0v) is 18.9. The predicted octanol–water partition coefficient (Wildman–Crippen LogP) is 4.79. The van der Waals surface area contributed by atoms with Gasteiger partial charge in [0.1, 0.15) is 18.1 Å². The molecule has 4 rings (SSSR count). The van der Waals surface area contributed by atoms with Crippen molar-refractivity contribution in [2.75, 3.05) is 13.1 Å². The zero-order chi connectivity index (χ0) is 22.3. The van der Waals surface area contributed by atoms with Crippen LogP contribution < -0.4 is 10.1 Å². The Hall–Kier alpha value is -3.12. The number of hydrogen-bond donors (Lipinski definition) is 1. The Balaban J connectivity index is 1.31. The molecule has 1 aromatic heterocycles. The van der Waals surface area contributed by atoms with Crippen molar-refractivity contribution in [1.29, 1.82) is 0 Å². The minimum absolute atomic E-state index is 0.0879. The fourth-order valence-corrected chi connectivity index (χ4v) is 4.09. The van der Waals surface area contributed by atoms with E-state index in [1.54, 1.807) is 12.1 Å². The molecule has 1 aliphatic rings. The summed E-state index contributed by atoms with van der Waals surface area (Å²) in [6.07, 6.45) is 3.88. The molecule has 0 unspecified atom stereocenters. The molecule has 0 spiro atoms. The molecule has 2 aromatic carbocycles. The summed E-state index contributed by atoms with van der Waals surface area (Å²) in [5, 5.41) is 7.00. The Bertz CT molecular complexity index is 1020. The van der Waals surface area contributed by atoms with Crippen LogP contribution in [0.25, 0.3) is 0 Å². The summed E-state index contributed by atoms with van der Waals surface area (Å²) in [5.74, 6) is 1.38. The van der Waals surface area contributed by atoms with Crippen LogP contribution in [0.15, 0.2) is 53.1 Å². The third-order valence-electron chi connectivity index (χ3n) is 6.08. The predicted molar refractivity (Wildman–Crippen MR) is 123 cm³/mol. The number of aryl methyl sites for hydroxylation is 2. The van der Waals surface area contributed by atoms with Gasteiger partial charge in [0.05, 0.1) is 11.3 Å². The second-order valence-corrected chi connectivity index (χ2v) is 8.40. The molecule has 1 saturated heterocycles. The first-order valence-corrected chi connectivity index (χ1v) is 11.3. The molecule has 0 atom stereocenters. The van der Waals surface area contributed by atoms with Gasteiger partial charge in [-0.25, -0.2) is 0 Å². The van der Waals surface area contributed by atoms with Gasteiger partial charge in [0.25, 0.3) is 5.91 Å². The van der Waals surface area contributed by atoms with Gasteiger partial charge in [0.2, 0.25) is 0 Å². The standard InChI is InChI=1S/C26H31N3O3/c1-19-25(20(2)32-28-19)18-31-24-12-10-21(11-13-24)26(30)27-16-22-8-4-5-9-23(22)17-29-14-6-3-7-15-29/h4-5,8-13H,3,6-7,14-18H2,1-2H3,(H,27,30). The largest absolute Gasteiger partial charge is 0.489 e. The van der Waals surface area contributed by atoms with Crippen LogP contribution in [0.4, 0.5) is 0 Å². The maximum Gasteiger partial charge on any atom is 0.251 e. The quantitative estimate of drug-likeness (QED) is 0.553. The lowest BCUT2D eigenvalue weighted by atomic mass is 10.0. The first kappa shape index (κ1) is 22.1. The molecular formula is C26H31N3O3. The van der Waals surface area contributed by atoms with Crippen molar-refractivity contribution in [2.24, 2.45) is 0 Å². The molecule has 6 heteroatoms. The topological polar surface area (TPSA) is 67.6 Å². The summed E-state index contributed by atoms with van der Waals surface area (Å²) in [7, 11) is 0. The fourth-order valence-electron chi connectivity index (χ4n) is 4.09. The van der Waals surface area contributed by atoms with E-state index in [0.717, 1.165) is 36.7 Å². The van der Waals surface area contributed by atoms with Crippen LogP contribution in [-0.2, 0) is 19.7 Å². The minimum Gasteiger partial charge on any atom is -0.489 e. The molecule has 1 aliphatic heterocycles. The molecule has 3 aromatic rings. The number of nitrogens with one attached hydrogen (secondary N) is 1. The first-order chi connectivity index (χ1) is 15.6. The lowest BCUT2D eigenvalue weighted by Gasteiger charge is -2.27. The van der Waals surface area contributed by atoms with Crippen LogP contribution in [0.5, 0.6) is 5.75 Å². The Kier molecular flexibility index (Phi) is 7.22. The molecule has 1 fully saturated rings. The maximum atomic E-state index is 12.7. The number of amides is 1. The SMILES string of the molecule is Cc1noc(C)c1COc1ccc(C(=O)NCc2ccccc2CN2CCCCC2)cc1. The average molecular weight is 434 g/mol. The zero-order valence-electron chi connectivity index (χ0n) is 18.9. The van der Waals surface area contributed by atoms with E-state index >= 15 is 0 Å². The highest BCUT2D eigenvalue weighted by atomic mass is 16.5. The Morgan fingerprint density at radius 3 is 2.44 bits per heavy atom. The van der Waals surface area contributed by atoms with Gasteiger partial charge in [-0.2, -0.15) is 0 Å². The second kappa shape index (κ2) is 10.5. The van der Waals surface area contributed by atoms with Gasteiger partial charge in [-0.05, 0) is 75.2 Å². The van der Waals surface area contributed by atoms with Crippen LogP contribution in [0.1, 0.15) is 57.8 Å². The van der Waals surface area contributed by atoms with Crippen molar-refractivity contribution in [3.8, 4) is 5.75 Å². The van der Waals surface area contributed by atoms with E-state index in [2.05, 4.69) is 33.6 Å². The van der Waals surface area contributed by atoms with Crippen molar-refractivity contribution in [3.63, 3.8) is 0 Å². The smallest absolute Gasteiger partial charge is 0.251 e. The number of carbonyl (C=O) groups is 1. The molecule has 0 radical (unpaired) electrons. The normalized spacial score (nSPS) is 14.3. The van der Waals surface area contributed by atoms with Crippen molar-refractivity contribution in [3.05, 3.63) is 82.2 Å². The third-order valence-corrected chi connectivity index (χ3v) is 6.08. The molecule has 1 amide bonds. The van der Waals surface area contributed by atoms with E-state index in [4.69, 9.17) is 9.26 Å². The van der Waals surface area contributed by atoms with E-state index < -0.39 is 0 Å². The van der Waals surface area contributed by atoms with Gasteiger partial charge in [-0.3, -0.25) is 9.69 Å². The second-order valence-electron chi connectivity index (χ2n) is 8.40. The highest BCUT2D eigenvalue weighted by molar-refractivity contribution is 5.94. The van der Waals surface area contributed by atoms with Crippen molar-refractivity contribution >= 4 is 5.91 Å². The number of aromatic nitrogens is 1. The number of piperidine rings is 1. The number of likely N-dealkylation sites (tertiary alicyclic amines) is 1. The van der Waals surface area contributed by atoms with Gasteiger partial charge in [-0.15, -0.1) is 0 Å². The van der Waals surface area contributed by atoms with Crippen LogP contribution in [0, 0.1) is 13.8 Å². The number of rotatable bonds is 8. The van der Waals surface area contributed by atoms with Crippen molar-refractivity contribution < 1.29 is 14.1 Å². The highest BCUT2D eigenvalue weighted by Gasteiger charge is 2.14. The first-order valence-electron chi connectivity index (χ1n) is 11.3. The fraction of sp³-hybridized carbons (Fsp3) is 0.385. The van der Waals surface area contributed by atoms with Crippen LogP contribution >= 0.6 is 0 Å². The number of ether oxygens (including phenoxy) is 1. The molecule has 168 valence electrons. The lowest BCUT2D eigenvalue weighted by molar-refractivity contribution is 0.0950. The average Bonchev–Trinajstić information content (AvgIpc) is 3.15. The van der Waals surface area contributed by atoms with E-state index in [0.29, 0.717) is 24.5 Å². The van der Waals surface area contributed by atoms with Gasteiger partial charge >= 0.3 is 0 Å². The summed E-state index contributed by atoms with van der Waals surface area (Å²) in [5.41, 5.74) is 4.86. The van der Waals surface area contributed by atoms with Crippen molar-refractivity contribution in [1.82, 2.24) is 15.4 Å².